The van der Waals surface area contributed by atoms with E-state index in [0.29, 0.717) is 16.5 Å². The van der Waals surface area contributed by atoms with Crippen LogP contribution in [0.3, 0.4) is 0 Å². The Balaban J connectivity index is 1.27. The van der Waals surface area contributed by atoms with Crippen molar-refractivity contribution in [1.29, 1.82) is 0 Å². The summed E-state index contributed by atoms with van der Waals surface area (Å²) in [5, 5.41) is 3.33. The summed E-state index contributed by atoms with van der Waals surface area (Å²) in [6.45, 7) is 3.00. The summed E-state index contributed by atoms with van der Waals surface area (Å²) in [4.78, 5) is 17.3. The molecule has 176 valence electrons. The van der Waals surface area contributed by atoms with E-state index in [4.69, 9.17) is 40.2 Å². The van der Waals surface area contributed by atoms with Gasteiger partial charge in [0.25, 0.3) is 5.91 Å². The number of nitrogens with one attached hydrogen (secondary N) is 1. The van der Waals surface area contributed by atoms with Crippen LogP contribution in [0, 0.1) is 5.82 Å². The number of carbonyl (C=O) groups is 1. The van der Waals surface area contributed by atoms with Crippen molar-refractivity contribution >= 4 is 57.7 Å². The van der Waals surface area contributed by atoms with Crippen LogP contribution in [0.25, 0.3) is 0 Å². The molecule has 1 heterocycles. The second-order valence-corrected chi connectivity index (χ2v) is 8.89. The van der Waals surface area contributed by atoms with Crippen LogP contribution in [-0.4, -0.2) is 48.6 Å². The van der Waals surface area contributed by atoms with Crippen LogP contribution in [-0.2, 0) is 4.79 Å². The first-order chi connectivity index (χ1) is 16.4. The molecule has 5 nitrogen and oxygen atoms in total. The van der Waals surface area contributed by atoms with Crippen LogP contribution in [0.5, 0.6) is 5.75 Å². The first-order valence-electron chi connectivity index (χ1n) is 10.7. The molecule has 1 amide bonds. The van der Waals surface area contributed by atoms with Gasteiger partial charge >= 0.3 is 0 Å². The Kier molecular flexibility index (Phi) is 7.88. The van der Waals surface area contributed by atoms with Crippen LogP contribution in [0.15, 0.2) is 66.7 Å². The quantitative estimate of drug-likeness (QED) is 0.428. The molecule has 3 aromatic carbocycles. The van der Waals surface area contributed by atoms with E-state index in [1.807, 2.05) is 12.1 Å². The maximum atomic E-state index is 13.2. The summed E-state index contributed by atoms with van der Waals surface area (Å²) in [6, 6.07) is 18.9. The van der Waals surface area contributed by atoms with Gasteiger partial charge in [-0.15, -0.1) is 0 Å². The van der Waals surface area contributed by atoms with Gasteiger partial charge in [-0.3, -0.25) is 4.79 Å². The molecule has 1 N–H and O–H groups in total. The molecular formula is C25H22Cl2FN3O2S. The van der Waals surface area contributed by atoms with E-state index in [1.54, 1.807) is 42.5 Å². The number of rotatable bonds is 6. The summed E-state index contributed by atoms with van der Waals surface area (Å²) < 4.78 is 18.7. The number of hydrogen-bond acceptors (Lipinski definition) is 4. The monoisotopic (exact) mass is 517 g/mol. The number of thiocarbonyl (C=S) groups is 1. The van der Waals surface area contributed by atoms with Crippen molar-refractivity contribution in [2.24, 2.45) is 0 Å². The smallest absolute Gasteiger partial charge is 0.262 e. The highest BCUT2D eigenvalue weighted by molar-refractivity contribution is 7.80. The van der Waals surface area contributed by atoms with Crippen molar-refractivity contribution in [3.05, 3.63) is 88.2 Å². The van der Waals surface area contributed by atoms with Gasteiger partial charge in [0.2, 0.25) is 0 Å². The van der Waals surface area contributed by atoms with E-state index >= 15 is 0 Å². The van der Waals surface area contributed by atoms with Crippen LogP contribution < -0.4 is 15.0 Å². The number of benzene rings is 3. The lowest BCUT2D eigenvalue weighted by atomic mass is 10.1. The van der Waals surface area contributed by atoms with Crippen molar-refractivity contribution in [1.82, 2.24) is 4.90 Å². The average Bonchev–Trinajstić information content (AvgIpc) is 2.86. The first kappa shape index (κ1) is 24.3. The Labute approximate surface area is 213 Å². The zero-order chi connectivity index (χ0) is 24.1. The number of halogens is 3. The van der Waals surface area contributed by atoms with E-state index in [-0.39, 0.29) is 23.4 Å². The molecule has 0 saturated carbocycles. The molecule has 9 heteroatoms. The molecule has 1 fully saturated rings. The predicted molar refractivity (Wildman–Crippen MR) is 139 cm³/mol. The summed E-state index contributed by atoms with van der Waals surface area (Å²) in [6.07, 6.45) is 0. The fraction of sp³-hybridized carbons (Fsp3) is 0.200. The topological polar surface area (TPSA) is 44.8 Å². The minimum absolute atomic E-state index is 0.169. The number of anilines is 2. The highest BCUT2D eigenvalue weighted by Gasteiger charge is 2.20. The van der Waals surface area contributed by atoms with Crippen LogP contribution in [0.1, 0.15) is 5.56 Å². The van der Waals surface area contributed by atoms with E-state index < -0.39 is 0 Å². The molecule has 0 aliphatic carbocycles. The van der Waals surface area contributed by atoms with Gasteiger partial charge in [-0.2, -0.15) is 0 Å². The first-order valence-corrected chi connectivity index (χ1v) is 11.8. The summed E-state index contributed by atoms with van der Waals surface area (Å²) in [5.41, 5.74) is 2.35. The van der Waals surface area contributed by atoms with Crippen molar-refractivity contribution in [3.8, 4) is 5.75 Å². The van der Waals surface area contributed by atoms with Crippen LogP contribution in [0.2, 0.25) is 10.0 Å². The zero-order valence-corrected chi connectivity index (χ0v) is 20.5. The minimum Gasteiger partial charge on any atom is -0.484 e. The summed E-state index contributed by atoms with van der Waals surface area (Å²) in [5.74, 6) is -0.0232. The fourth-order valence-corrected chi connectivity index (χ4v) is 4.30. The van der Waals surface area contributed by atoms with E-state index in [0.717, 1.165) is 42.4 Å². The molecule has 0 atom stereocenters. The largest absolute Gasteiger partial charge is 0.484 e. The van der Waals surface area contributed by atoms with Crippen molar-refractivity contribution < 1.29 is 13.9 Å². The number of hydrogen-bond donors (Lipinski definition) is 1. The lowest BCUT2D eigenvalue weighted by Crippen LogP contribution is -2.48. The van der Waals surface area contributed by atoms with Crippen molar-refractivity contribution in [2.45, 2.75) is 0 Å². The molecule has 0 radical (unpaired) electrons. The van der Waals surface area contributed by atoms with Crippen molar-refractivity contribution in [2.75, 3.05) is 43.0 Å². The van der Waals surface area contributed by atoms with Crippen molar-refractivity contribution in [3.63, 3.8) is 0 Å². The number of piperazine rings is 1. The Morgan fingerprint density at radius 1 is 0.971 bits per heavy atom. The molecule has 34 heavy (non-hydrogen) atoms. The van der Waals surface area contributed by atoms with Gasteiger partial charge in [0.1, 0.15) is 16.6 Å². The van der Waals surface area contributed by atoms with Crippen LogP contribution >= 0.6 is 35.4 Å². The Morgan fingerprint density at radius 2 is 1.65 bits per heavy atom. The predicted octanol–water partition coefficient (Wildman–Crippen LogP) is 5.65. The number of nitrogens with zero attached hydrogens (tertiary/aromatic N) is 2. The molecule has 4 rings (SSSR count). The molecule has 0 aromatic heterocycles. The Morgan fingerprint density at radius 3 is 2.32 bits per heavy atom. The third-order valence-electron chi connectivity index (χ3n) is 5.46. The lowest BCUT2D eigenvalue weighted by molar-refractivity contribution is -0.118. The van der Waals surface area contributed by atoms with Gasteiger partial charge in [-0.1, -0.05) is 41.5 Å². The molecule has 3 aromatic rings. The molecule has 1 aliphatic heterocycles. The summed E-state index contributed by atoms with van der Waals surface area (Å²) >= 11 is 17.7. The van der Waals surface area contributed by atoms with Gasteiger partial charge < -0.3 is 19.9 Å². The fourth-order valence-electron chi connectivity index (χ4n) is 3.63. The second kappa shape index (κ2) is 11.0. The number of ether oxygens (including phenoxy) is 1. The van der Waals surface area contributed by atoms with E-state index in [1.165, 1.54) is 12.1 Å². The maximum Gasteiger partial charge on any atom is 0.262 e. The molecule has 1 saturated heterocycles. The second-order valence-electron chi connectivity index (χ2n) is 7.72. The number of carbonyl (C=O) groups excluding carboxylic acids is 1. The molecular weight excluding hydrogens is 496 g/mol. The average molecular weight is 518 g/mol. The van der Waals surface area contributed by atoms with Gasteiger partial charge in [-0.25, -0.2) is 4.39 Å². The SMILES string of the molecule is O=C(COc1ccc(C(=S)N2CCN(c3ccc(F)cc3)CC2)cc1)Nc1cccc(Cl)c1Cl. The number of amides is 1. The maximum absolute atomic E-state index is 13.2. The third-order valence-corrected chi connectivity index (χ3v) is 6.77. The zero-order valence-electron chi connectivity index (χ0n) is 18.1. The normalized spacial score (nSPS) is 13.5. The highest BCUT2D eigenvalue weighted by atomic mass is 35.5. The highest BCUT2D eigenvalue weighted by Crippen LogP contribution is 2.29. The van der Waals surface area contributed by atoms with Gasteiger partial charge in [0, 0.05) is 37.4 Å². The molecule has 1 aliphatic rings. The standard InChI is InChI=1S/C25H22Cl2FN3O2S/c26-21-2-1-3-22(24(21)27)29-23(32)16-33-20-10-4-17(5-11-20)25(34)31-14-12-30(13-15-31)19-8-6-18(28)7-9-19/h1-11H,12-16H2,(H,29,32). The lowest BCUT2D eigenvalue weighted by Gasteiger charge is -2.37. The molecule has 0 unspecified atom stereocenters. The van der Waals surface area contributed by atoms with Crippen LogP contribution in [0.4, 0.5) is 15.8 Å². The molecule has 0 bridgehead atoms. The van der Waals surface area contributed by atoms with Gasteiger partial charge in [-0.05, 0) is 60.7 Å². The van der Waals surface area contributed by atoms with Gasteiger partial charge in [0.15, 0.2) is 6.61 Å². The van der Waals surface area contributed by atoms with E-state index in [9.17, 15) is 9.18 Å². The third kappa shape index (κ3) is 5.97. The summed E-state index contributed by atoms with van der Waals surface area (Å²) in [7, 11) is 0. The Bertz CT molecular complexity index is 1170. The van der Waals surface area contributed by atoms with Gasteiger partial charge in [0.05, 0.1) is 15.7 Å². The van der Waals surface area contributed by atoms with E-state index in [2.05, 4.69) is 15.1 Å². The minimum atomic E-state index is -0.345. The Hall–Kier alpha value is -2.87. The molecule has 0 spiro atoms.